The number of carbonyl (C=O) groups is 2. The van der Waals surface area contributed by atoms with Gasteiger partial charge in [0.2, 0.25) is 0 Å². The van der Waals surface area contributed by atoms with Gasteiger partial charge in [0.15, 0.2) is 0 Å². The topological polar surface area (TPSA) is 90.8 Å². The van der Waals surface area contributed by atoms with Gasteiger partial charge in [0.1, 0.15) is 11.3 Å². The van der Waals surface area contributed by atoms with Gasteiger partial charge in [-0.3, -0.25) is 18.9 Å². The molecule has 0 unspecified atom stereocenters. The third-order valence-electron chi connectivity index (χ3n) is 7.27. The SMILES string of the molecule is CCCc1ccc(C(=O)Nc2cc(CN3CCNCC3)cc(C(F)(F)F)c2)cc1CNC(=O)c1cnc2ccccn12. The first-order valence-corrected chi connectivity index (χ1v) is 14.0. The molecule has 2 aromatic heterocycles. The number of nitrogens with zero attached hydrogens (tertiary/aromatic N) is 3. The first kappa shape index (κ1) is 29.3. The summed E-state index contributed by atoms with van der Waals surface area (Å²) in [5.74, 6) is -0.841. The van der Waals surface area contributed by atoms with Crippen LogP contribution in [0, 0.1) is 0 Å². The highest BCUT2D eigenvalue weighted by Crippen LogP contribution is 2.32. The van der Waals surface area contributed by atoms with Crippen molar-refractivity contribution >= 4 is 23.1 Å². The maximum absolute atomic E-state index is 13.7. The number of imidazole rings is 1. The highest BCUT2D eigenvalue weighted by atomic mass is 19.4. The lowest BCUT2D eigenvalue weighted by Gasteiger charge is -2.27. The van der Waals surface area contributed by atoms with Gasteiger partial charge < -0.3 is 16.0 Å². The van der Waals surface area contributed by atoms with Gasteiger partial charge >= 0.3 is 6.18 Å². The van der Waals surface area contributed by atoms with Crippen LogP contribution in [0.15, 0.2) is 67.0 Å². The number of aromatic nitrogens is 2. The third kappa shape index (κ3) is 6.97. The minimum atomic E-state index is -4.55. The van der Waals surface area contributed by atoms with Gasteiger partial charge in [-0.1, -0.05) is 25.5 Å². The molecule has 11 heteroatoms. The zero-order valence-electron chi connectivity index (χ0n) is 23.3. The van der Waals surface area contributed by atoms with E-state index in [1.54, 1.807) is 34.9 Å². The number of carbonyl (C=O) groups excluding carboxylic acids is 2. The highest BCUT2D eigenvalue weighted by molar-refractivity contribution is 6.04. The number of nitrogens with one attached hydrogen (secondary N) is 3. The molecule has 0 saturated carbocycles. The van der Waals surface area contributed by atoms with E-state index in [2.05, 4.69) is 25.8 Å². The number of pyridine rings is 1. The minimum absolute atomic E-state index is 0.0834. The molecule has 1 saturated heterocycles. The van der Waals surface area contributed by atoms with Gasteiger partial charge in [0, 0.05) is 56.7 Å². The van der Waals surface area contributed by atoms with E-state index in [0.29, 0.717) is 23.4 Å². The van der Waals surface area contributed by atoms with Crippen LogP contribution < -0.4 is 16.0 Å². The molecule has 1 aliphatic heterocycles. The first-order chi connectivity index (χ1) is 20.2. The zero-order chi connectivity index (χ0) is 29.7. The number of hydrogen-bond donors (Lipinski definition) is 3. The van der Waals surface area contributed by atoms with E-state index in [4.69, 9.17) is 0 Å². The predicted molar refractivity (Wildman–Crippen MR) is 154 cm³/mol. The molecule has 0 atom stereocenters. The quantitative estimate of drug-likeness (QED) is 0.263. The molecule has 3 heterocycles. The molecule has 42 heavy (non-hydrogen) atoms. The van der Waals surface area contributed by atoms with Gasteiger partial charge in [-0.15, -0.1) is 0 Å². The number of benzene rings is 2. The van der Waals surface area contributed by atoms with E-state index in [0.717, 1.165) is 62.3 Å². The molecule has 8 nitrogen and oxygen atoms in total. The van der Waals surface area contributed by atoms with Gasteiger partial charge in [0.05, 0.1) is 11.8 Å². The monoisotopic (exact) mass is 578 g/mol. The van der Waals surface area contributed by atoms with Crippen molar-refractivity contribution in [3.8, 4) is 0 Å². The Morgan fingerprint density at radius 3 is 2.57 bits per heavy atom. The number of amides is 2. The molecular weight excluding hydrogens is 545 g/mol. The summed E-state index contributed by atoms with van der Waals surface area (Å²) < 4.78 is 42.8. The van der Waals surface area contributed by atoms with Crippen molar-refractivity contribution < 1.29 is 22.8 Å². The number of halogens is 3. The van der Waals surface area contributed by atoms with Crippen LogP contribution >= 0.6 is 0 Å². The van der Waals surface area contributed by atoms with E-state index in [9.17, 15) is 22.8 Å². The van der Waals surface area contributed by atoms with Crippen molar-refractivity contribution in [1.29, 1.82) is 0 Å². The van der Waals surface area contributed by atoms with Crippen LogP contribution in [0.5, 0.6) is 0 Å². The van der Waals surface area contributed by atoms with E-state index < -0.39 is 17.6 Å². The number of piperazine rings is 1. The summed E-state index contributed by atoms with van der Waals surface area (Å²) in [5.41, 5.74) is 2.82. The second-order valence-electron chi connectivity index (χ2n) is 10.4. The lowest BCUT2D eigenvalue weighted by molar-refractivity contribution is -0.137. The lowest BCUT2D eigenvalue weighted by Crippen LogP contribution is -2.42. The molecule has 2 aromatic carbocycles. The Balaban J connectivity index is 1.34. The van der Waals surface area contributed by atoms with Crippen LogP contribution in [0.3, 0.4) is 0 Å². The van der Waals surface area contributed by atoms with Crippen LogP contribution in [0.4, 0.5) is 18.9 Å². The molecule has 0 bridgehead atoms. The minimum Gasteiger partial charge on any atom is -0.347 e. The van der Waals surface area contributed by atoms with Gasteiger partial charge in [-0.2, -0.15) is 13.2 Å². The van der Waals surface area contributed by atoms with E-state index in [-0.39, 0.29) is 23.7 Å². The maximum Gasteiger partial charge on any atom is 0.416 e. The van der Waals surface area contributed by atoms with E-state index in [1.165, 1.54) is 6.20 Å². The van der Waals surface area contributed by atoms with Crippen molar-refractivity contribution in [1.82, 2.24) is 24.9 Å². The summed E-state index contributed by atoms with van der Waals surface area (Å²) in [6.07, 6.45) is 0.319. The van der Waals surface area contributed by atoms with Crippen molar-refractivity contribution in [2.24, 2.45) is 0 Å². The second-order valence-corrected chi connectivity index (χ2v) is 10.4. The largest absolute Gasteiger partial charge is 0.416 e. The van der Waals surface area contributed by atoms with Gasteiger partial charge in [-0.05, 0) is 65.6 Å². The summed E-state index contributed by atoms with van der Waals surface area (Å²) >= 11 is 0. The number of fused-ring (bicyclic) bond motifs is 1. The Kier molecular flexibility index (Phi) is 8.89. The number of hydrogen-bond acceptors (Lipinski definition) is 5. The fourth-order valence-corrected chi connectivity index (χ4v) is 5.16. The molecule has 2 amide bonds. The standard InChI is InChI=1S/C31H33F3N6O2/c1-2-5-22-7-8-23(16-24(22)18-37-30(42)27-19-36-28-6-3-4-11-40(27)28)29(41)38-26-15-21(14-25(17-26)31(32,33)34)20-39-12-9-35-10-13-39/h3-4,6-8,11,14-17,19,35H,2,5,9-10,12-13,18,20H2,1H3,(H,37,42)(H,38,41). The number of rotatable bonds is 9. The van der Waals surface area contributed by atoms with Crippen LogP contribution in [-0.4, -0.2) is 52.3 Å². The van der Waals surface area contributed by atoms with Gasteiger partial charge in [-0.25, -0.2) is 4.98 Å². The average molecular weight is 579 g/mol. The molecule has 0 radical (unpaired) electrons. The first-order valence-electron chi connectivity index (χ1n) is 14.0. The number of alkyl halides is 3. The third-order valence-corrected chi connectivity index (χ3v) is 7.27. The van der Waals surface area contributed by atoms with Crippen LogP contribution in [-0.2, 0) is 25.7 Å². The molecule has 1 fully saturated rings. The Labute approximate surface area is 241 Å². The van der Waals surface area contributed by atoms with Crippen LogP contribution in [0.25, 0.3) is 5.65 Å². The van der Waals surface area contributed by atoms with Crippen LogP contribution in [0.2, 0.25) is 0 Å². The van der Waals surface area contributed by atoms with Crippen molar-refractivity contribution in [3.63, 3.8) is 0 Å². The number of anilines is 1. The van der Waals surface area contributed by atoms with Crippen molar-refractivity contribution in [3.05, 3.63) is 101 Å². The summed E-state index contributed by atoms with van der Waals surface area (Å²) in [6, 6.07) is 14.3. The zero-order valence-corrected chi connectivity index (χ0v) is 23.3. The summed E-state index contributed by atoms with van der Waals surface area (Å²) in [4.78, 5) is 32.6. The smallest absolute Gasteiger partial charge is 0.347 e. The van der Waals surface area contributed by atoms with Gasteiger partial charge in [0.25, 0.3) is 11.8 Å². The molecule has 5 rings (SSSR count). The molecule has 1 aliphatic rings. The molecule has 3 N–H and O–H groups in total. The summed E-state index contributed by atoms with van der Waals surface area (Å²) in [5, 5.41) is 8.81. The maximum atomic E-state index is 13.7. The molecule has 0 spiro atoms. The Morgan fingerprint density at radius 2 is 1.81 bits per heavy atom. The summed E-state index contributed by atoms with van der Waals surface area (Å²) in [7, 11) is 0. The normalized spacial score (nSPS) is 14.2. The fourth-order valence-electron chi connectivity index (χ4n) is 5.16. The molecular formula is C31H33F3N6O2. The van der Waals surface area contributed by atoms with E-state index in [1.807, 2.05) is 25.1 Å². The Morgan fingerprint density at radius 1 is 1.00 bits per heavy atom. The highest BCUT2D eigenvalue weighted by Gasteiger charge is 2.31. The average Bonchev–Trinajstić information content (AvgIpc) is 3.41. The molecule has 0 aliphatic carbocycles. The Hall–Kier alpha value is -4.22. The molecule has 4 aromatic rings. The molecule has 220 valence electrons. The van der Waals surface area contributed by atoms with Crippen molar-refractivity contribution in [2.75, 3.05) is 31.5 Å². The lowest BCUT2D eigenvalue weighted by atomic mass is 9.99. The Bertz CT molecular complexity index is 1580. The summed E-state index contributed by atoms with van der Waals surface area (Å²) in [6.45, 7) is 5.59. The van der Waals surface area contributed by atoms with E-state index >= 15 is 0 Å². The van der Waals surface area contributed by atoms with Crippen LogP contribution in [0.1, 0.15) is 56.4 Å². The predicted octanol–water partition coefficient (Wildman–Crippen LogP) is 4.89. The second kappa shape index (κ2) is 12.7. The fraction of sp³-hybridized carbons (Fsp3) is 0.323. The number of aryl methyl sites for hydroxylation is 1. The van der Waals surface area contributed by atoms with Crippen molar-refractivity contribution in [2.45, 2.75) is 39.0 Å².